The van der Waals surface area contributed by atoms with Gasteiger partial charge in [0.25, 0.3) is 0 Å². The highest BCUT2D eigenvalue weighted by molar-refractivity contribution is 9.10. The average molecular weight is 336 g/mol. The van der Waals surface area contributed by atoms with Crippen LogP contribution in [0.15, 0.2) is 22.7 Å². The number of amidine groups is 1. The van der Waals surface area contributed by atoms with Crippen molar-refractivity contribution < 1.29 is 0 Å². The van der Waals surface area contributed by atoms with Crippen molar-refractivity contribution in [2.24, 2.45) is 17.6 Å². The van der Waals surface area contributed by atoms with E-state index in [1.54, 1.807) is 0 Å². The maximum Gasteiger partial charge on any atom is 0.124 e. The summed E-state index contributed by atoms with van der Waals surface area (Å²) in [5.74, 6) is 1.92. The molecule has 1 saturated carbocycles. The zero-order valence-corrected chi connectivity index (χ0v) is 13.3. The monoisotopic (exact) mass is 335 g/mol. The maximum atomic E-state index is 7.80. The Hall–Kier alpha value is -1.03. The number of halogens is 1. The Bertz CT molecular complexity index is 514. The molecule has 2 fully saturated rings. The second-order valence-corrected chi connectivity index (χ2v) is 7.03. The second kappa shape index (κ2) is 5.76. The van der Waals surface area contributed by atoms with Gasteiger partial charge in [0.05, 0.1) is 0 Å². The van der Waals surface area contributed by atoms with Crippen LogP contribution in [0.3, 0.4) is 0 Å². The van der Waals surface area contributed by atoms with Crippen molar-refractivity contribution in [3.8, 4) is 0 Å². The van der Waals surface area contributed by atoms with Crippen LogP contribution in [0.25, 0.3) is 0 Å². The number of nitrogens with one attached hydrogen (secondary N) is 1. The number of rotatable bonds is 2. The molecule has 1 aromatic rings. The smallest absolute Gasteiger partial charge is 0.124 e. The van der Waals surface area contributed by atoms with Crippen molar-refractivity contribution >= 4 is 27.5 Å². The lowest BCUT2D eigenvalue weighted by Gasteiger charge is -2.42. The van der Waals surface area contributed by atoms with Crippen LogP contribution in [0.2, 0.25) is 0 Å². The number of nitrogen functional groups attached to an aromatic ring is 1. The number of anilines is 1. The van der Waals surface area contributed by atoms with Gasteiger partial charge in [-0.05, 0) is 42.9 Å². The van der Waals surface area contributed by atoms with Gasteiger partial charge in [0.1, 0.15) is 5.84 Å². The van der Waals surface area contributed by atoms with Crippen molar-refractivity contribution in [2.45, 2.75) is 32.1 Å². The SMILES string of the molecule is N=C(N)c1cc(Br)ccc1N1CCC2CCCCC2C1. The Balaban J connectivity index is 1.84. The Morgan fingerprint density at radius 2 is 1.95 bits per heavy atom. The highest BCUT2D eigenvalue weighted by Gasteiger charge is 2.31. The van der Waals surface area contributed by atoms with Crippen LogP contribution in [0.1, 0.15) is 37.7 Å². The maximum absolute atomic E-state index is 7.80. The first-order chi connectivity index (χ1) is 9.65. The highest BCUT2D eigenvalue weighted by Crippen LogP contribution is 2.38. The third-order valence-corrected chi connectivity index (χ3v) is 5.37. The number of fused-ring (bicyclic) bond motifs is 1. The van der Waals surface area contributed by atoms with Gasteiger partial charge in [-0.2, -0.15) is 0 Å². The summed E-state index contributed by atoms with van der Waals surface area (Å²) in [4.78, 5) is 2.44. The minimum absolute atomic E-state index is 0.159. The average Bonchev–Trinajstić information content (AvgIpc) is 2.46. The molecule has 3 rings (SSSR count). The third-order valence-electron chi connectivity index (χ3n) is 4.88. The quantitative estimate of drug-likeness (QED) is 0.638. The minimum Gasteiger partial charge on any atom is -0.384 e. The number of benzene rings is 1. The standard InChI is InChI=1S/C16H22BrN3/c17-13-5-6-15(14(9-13)16(18)19)20-8-7-11-3-1-2-4-12(11)10-20/h5-6,9,11-12H,1-4,7-8,10H2,(H3,18,19). The van der Waals surface area contributed by atoms with E-state index in [0.717, 1.165) is 40.6 Å². The molecule has 1 heterocycles. The first kappa shape index (κ1) is 13.9. The minimum atomic E-state index is 0.159. The molecule has 1 aromatic carbocycles. The Morgan fingerprint density at radius 1 is 1.20 bits per heavy atom. The van der Waals surface area contributed by atoms with Crippen LogP contribution in [-0.4, -0.2) is 18.9 Å². The van der Waals surface area contributed by atoms with Crippen molar-refractivity contribution in [2.75, 3.05) is 18.0 Å². The fourth-order valence-electron chi connectivity index (χ4n) is 3.82. The lowest BCUT2D eigenvalue weighted by atomic mass is 9.75. The molecule has 0 bridgehead atoms. The summed E-state index contributed by atoms with van der Waals surface area (Å²) in [7, 11) is 0. The van der Waals surface area contributed by atoms with Crippen molar-refractivity contribution in [3.63, 3.8) is 0 Å². The molecule has 2 aliphatic rings. The summed E-state index contributed by atoms with van der Waals surface area (Å²) in [5, 5.41) is 7.80. The van der Waals surface area contributed by atoms with Crippen LogP contribution >= 0.6 is 15.9 Å². The normalized spacial score (nSPS) is 26.1. The fourth-order valence-corrected chi connectivity index (χ4v) is 4.18. The van der Waals surface area contributed by atoms with E-state index < -0.39 is 0 Å². The first-order valence-electron chi connectivity index (χ1n) is 7.54. The number of nitrogens with two attached hydrogens (primary N) is 1. The summed E-state index contributed by atoms with van der Waals surface area (Å²) in [6.07, 6.45) is 6.87. The van der Waals surface area contributed by atoms with Gasteiger partial charge in [-0.1, -0.05) is 35.2 Å². The molecule has 4 heteroatoms. The molecule has 2 unspecified atom stereocenters. The molecule has 0 spiro atoms. The van der Waals surface area contributed by atoms with E-state index in [1.165, 1.54) is 32.1 Å². The number of hydrogen-bond acceptors (Lipinski definition) is 2. The van der Waals surface area contributed by atoms with Gasteiger partial charge in [0.2, 0.25) is 0 Å². The van der Waals surface area contributed by atoms with Gasteiger partial charge in [-0.25, -0.2) is 0 Å². The predicted octanol–water partition coefficient (Wildman–Crippen LogP) is 3.75. The van der Waals surface area contributed by atoms with Gasteiger partial charge >= 0.3 is 0 Å². The molecule has 3 nitrogen and oxygen atoms in total. The lowest BCUT2D eigenvalue weighted by Crippen LogP contribution is -2.42. The van der Waals surface area contributed by atoms with E-state index in [-0.39, 0.29) is 5.84 Å². The van der Waals surface area contributed by atoms with E-state index in [1.807, 2.05) is 6.07 Å². The van der Waals surface area contributed by atoms with Gasteiger partial charge in [-0.3, -0.25) is 5.41 Å². The predicted molar refractivity (Wildman–Crippen MR) is 87.4 cm³/mol. The Labute approximate surface area is 129 Å². The van der Waals surface area contributed by atoms with Gasteiger partial charge < -0.3 is 10.6 Å². The molecule has 20 heavy (non-hydrogen) atoms. The fraction of sp³-hybridized carbons (Fsp3) is 0.562. The molecule has 1 aliphatic carbocycles. The highest BCUT2D eigenvalue weighted by atomic mass is 79.9. The van der Waals surface area contributed by atoms with Crippen molar-refractivity contribution in [1.29, 1.82) is 5.41 Å². The number of piperidine rings is 1. The van der Waals surface area contributed by atoms with Crippen LogP contribution in [0.4, 0.5) is 5.69 Å². The molecule has 0 amide bonds. The van der Waals surface area contributed by atoms with E-state index in [4.69, 9.17) is 11.1 Å². The van der Waals surface area contributed by atoms with Crippen LogP contribution < -0.4 is 10.6 Å². The molecule has 0 aromatic heterocycles. The van der Waals surface area contributed by atoms with Gasteiger partial charge in [-0.15, -0.1) is 0 Å². The van der Waals surface area contributed by atoms with E-state index in [2.05, 4.69) is 33.0 Å². The molecule has 1 aliphatic heterocycles. The van der Waals surface area contributed by atoms with E-state index in [0.29, 0.717) is 0 Å². The van der Waals surface area contributed by atoms with Gasteiger partial charge in [0, 0.05) is 28.8 Å². The second-order valence-electron chi connectivity index (χ2n) is 6.11. The zero-order valence-electron chi connectivity index (χ0n) is 11.7. The first-order valence-corrected chi connectivity index (χ1v) is 8.33. The third kappa shape index (κ3) is 2.71. The summed E-state index contributed by atoms with van der Waals surface area (Å²) < 4.78 is 0.985. The Kier molecular flexibility index (Phi) is 4.01. The molecule has 3 N–H and O–H groups in total. The van der Waals surface area contributed by atoms with Crippen LogP contribution in [0, 0.1) is 17.2 Å². The van der Waals surface area contributed by atoms with E-state index in [9.17, 15) is 0 Å². The van der Waals surface area contributed by atoms with Crippen LogP contribution in [0.5, 0.6) is 0 Å². The summed E-state index contributed by atoms with van der Waals surface area (Å²) >= 11 is 3.47. The largest absolute Gasteiger partial charge is 0.384 e. The number of nitrogens with zero attached hydrogens (tertiary/aromatic N) is 1. The molecule has 2 atom stereocenters. The molecule has 0 radical (unpaired) electrons. The summed E-state index contributed by atoms with van der Waals surface area (Å²) in [6.45, 7) is 2.23. The van der Waals surface area contributed by atoms with Crippen LogP contribution in [-0.2, 0) is 0 Å². The summed E-state index contributed by atoms with van der Waals surface area (Å²) in [6, 6.07) is 6.11. The summed E-state index contributed by atoms with van der Waals surface area (Å²) in [5.41, 5.74) is 7.74. The number of hydrogen-bond donors (Lipinski definition) is 2. The van der Waals surface area contributed by atoms with E-state index >= 15 is 0 Å². The molecular formula is C16H22BrN3. The lowest BCUT2D eigenvalue weighted by molar-refractivity contribution is 0.202. The molecule has 108 valence electrons. The zero-order chi connectivity index (χ0) is 14.1. The van der Waals surface area contributed by atoms with Crippen molar-refractivity contribution in [1.82, 2.24) is 0 Å². The Morgan fingerprint density at radius 3 is 2.70 bits per heavy atom. The van der Waals surface area contributed by atoms with Crippen molar-refractivity contribution in [3.05, 3.63) is 28.2 Å². The molecular weight excluding hydrogens is 314 g/mol. The molecule has 1 saturated heterocycles. The topological polar surface area (TPSA) is 53.1 Å². The van der Waals surface area contributed by atoms with Gasteiger partial charge in [0.15, 0.2) is 0 Å².